The van der Waals surface area contributed by atoms with E-state index in [9.17, 15) is 9.59 Å². The molecule has 2 N–H and O–H groups in total. The molecule has 0 aliphatic carbocycles. The van der Waals surface area contributed by atoms with Crippen molar-refractivity contribution >= 4 is 40.0 Å². The van der Waals surface area contributed by atoms with Crippen LogP contribution in [0.15, 0.2) is 48.5 Å². The van der Waals surface area contributed by atoms with Crippen molar-refractivity contribution in [2.45, 2.75) is 19.0 Å². The SMILES string of the molecule is CN1C(=O)N2Cc3c(c4ccccc4n3Cc3ccc(C(=O)NO)cc3)C(C2)C1=S. The lowest BCUT2D eigenvalue weighted by Crippen LogP contribution is -2.55. The molecule has 5 rings (SSSR count). The molecule has 8 heteroatoms. The molecule has 0 saturated carbocycles. The highest BCUT2D eigenvalue weighted by Crippen LogP contribution is 2.41. The van der Waals surface area contributed by atoms with Gasteiger partial charge in [0.25, 0.3) is 5.91 Å². The maximum atomic E-state index is 12.7. The van der Waals surface area contributed by atoms with Crippen molar-refractivity contribution in [3.05, 3.63) is 70.9 Å². The highest BCUT2D eigenvalue weighted by molar-refractivity contribution is 7.80. The van der Waals surface area contributed by atoms with Crippen LogP contribution in [0.1, 0.15) is 33.1 Å². The summed E-state index contributed by atoms with van der Waals surface area (Å²) in [5.41, 5.74) is 6.47. The Kier molecular flexibility index (Phi) is 4.34. The van der Waals surface area contributed by atoms with Gasteiger partial charge in [-0.1, -0.05) is 42.5 Å². The topological polar surface area (TPSA) is 77.8 Å². The molecule has 3 amide bonds. The zero-order chi connectivity index (χ0) is 21.0. The lowest BCUT2D eigenvalue weighted by molar-refractivity contribution is 0.0706. The number of para-hydroxylation sites is 1. The summed E-state index contributed by atoms with van der Waals surface area (Å²) < 4.78 is 2.24. The molecule has 1 fully saturated rings. The average Bonchev–Trinajstić information content (AvgIpc) is 3.09. The van der Waals surface area contributed by atoms with E-state index in [4.69, 9.17) is 17.4 Å². The molecule has 2 bridgehead atoms. The molecule has 2 aromatic carbocycles. The summed E-state index contributed by atoms with van der Waals surface area (Å²) in [6.07, 6.45) is 0. The predicted octanol–water partition coefficient (Wildman–Crippen LogP) is 3.10. The van der Waals surface area contributed by atoms with E-state index < -0.39 is 5.91 Å². The fourth-order valence-corrected chi connectivity index (χ4v) is 4.85. The van der Waals surface area contributed by atoms with Gasteiger partial charge in [0.2, 0.25) is 0 Å². The summed E-state index contributed by atoms with van der Waals surface area (Å²) >= 11 is 5.65. The summed E-state index contributed by atoms with van der Waals surface area (Å²) in [6.45, 7) is 1.76. The van der Waals surface area contributed by atoms with Crippen LogP contribution in [-0.4, -0.2) is 50.1 Å². The van der Waals surface area contributed by atoms with Crippen molar-refractivity contribution in [1.82, 2.24) is 19.8 Å². The molecule has 3 aromatic rings. The number of hydroxylamine groups is 1. The van der Waals surface area contributed by atoms with Crippen LogP contribution in [0.3, 0.4) is 0 Å². The van der Waals surface area contributed by atoms with Gasteiger partial charge in [0.15, 0.2) is 0 Å². The number of hydrogen-bond donors (Lipinski definition) is 2. The third-order valence-corrected chi connectivity index (χ3v) is 6.62. The predicted molar refractivity (Wildman–Crippen MR) is 116 cm³/mol. The van der Waals surface area contributed by atoms with Gasteiger partial charge in [0.05, 0.1) is 17.5 Å². The van der Waals surface area contributed by atoms with E-state index in [1.165, 1.54) is 10.9 Å². The standard InChI is InChI=1S/C22H20N4O3S/c1-24-21(30)16-11-25(22(24)28)12-18-19(16)15-4-2-3-5-17(15)26(18)10-13-6-8-14(9-7-13)20(27)23-29/h2-9,16,29H,10-12H2,1H3,(H,23,27). The fourth-order valence-electron chi connectivity index (χ4n) is 4.58. The smallest absolute Gasteiger partial charge is 0.325 e. The third kappa shape index (κ3) is 2.72. The fraction of sp³-hybridized carbons (Fsp3) is 0.227. The normalized spacial score (nSPS) is 18.0. The summed E-state index contributed by atoms with van der Waals surface area (Å²) in [6, 6.07) is 15.3. The molecule has 30 heavy (non-hydrogen) atoms. The minimum Gasteiger partial charge on any atom is -0.338 e. The number of nitrogens with zero attached hydrogens (tertiary/aromatic N) is 3. The number of thiocarbonyl (C=S) groups is 1. The maximum absolute atomic E-state index is 12.7. The Balaban J connectivity index is 1.62. The number of rotatable bonds is 3. The summed E-state index contributed by atoms with van der Waals surface area (Å²) in [4.78, 5) is 28.4. The number of likely N-dealkylation sites (N-methyl/N-ethyl adjacent to an activating group) is 1. The molecule has 152 valence electrons. The molecule has 0 radical (unpaired) electrons. The van der Waals surface area contributed by atoms with Gasteiger partial charge in [-0.25, -0.2) is 10.3 Å². The van der Waals surface area contributed by atoms with E-state index >= 15 is 0 Å². The van der Waals surface area contributed by atoms with Gasteiger partial charge >= 0.3 is 6.03 Å². The van der Waals surface area contributed by atoms with Crippen molar-refractivity contribution in [3.63, 3.8) is 0 Å². The first-order valence-electron chi connectivity index (χ1n) is 9.69. The molecule has 3 heterocycles. The number of fused-ring (bicyclic) bond motifs is 6. The molecule has 0 spiro atoms. The van der Waals surface area contributed by atoms with Crippen LogP contribution in [0, 0.1) is 0 Å². The van der Waals surface area contributed by atoms with Gasteiger partial charge in [-0.2, -0.15) is 0 Å². The molecule has 1 atom stereocenters. The zero-order valence-electron chi connectivity index (χ0n) is 16.3. The second-order valence-corrected chi connectivity index (χ2v) is 8.13. The lowest BCUT2D eigenvalue weighted by Gasteiger charge is -2.42. The first-order valence-corrected chi connectivity index (χ1v) is 10.1. The van der Waals surface area contributed by atoms with E-state index in [2.05, 4.69) is 16.7 Å². The Morgan fingerprint density at radius 3 is 2.67 bits per heavy atom. The molecule has 1 saturated heterocycles. The van der Waals surface area contributed by atoms with E-state index in [1.807, 2.05) is 29.2 Å². The van der Waals surface area contributed by atoms with Gasteiger partial charge in [-0.15, -0.1) is 0 Å². The average molecular weight is 420 g/mol. The minimum atomic E-state index is -0.540. The molecule has 2 aliphatic rings. The molecule has 1 aromatic heterocycles. The molecular weight excluding hydrogens is 400 g/mol. The molecular formula is C22H20N4O3S. The van der Waals surface area contributed by atoms with Crippen LogP contribution >= 0.6 is 12.2 Å². The van der Waals surface area contributed by atoms with Crippen molar-refractivity contribution in [2.24, 2.45) is 0 Å². The number of hydrogen-bond acceptors (Lipinski definition) is 4. The van der Waals surface area contributed by atoms with Crippen molar-refractivity contribution in [2.75, 3.05) is 13.6 Å². The molecule has 7 nitrogen and oxygen atoms in total. The van der Waals surface area contributed by atoms with Gasteiger partial charge in [0.1, 0.15) is 0 Å². The van der Waals surface area contributed by atoms with Gasteiger partial charge in [-0.05, 0) is 29.3 Å². The quantitative estimate of drug-likeness (QED) is 0.388. The number of carbonyl (C=O) groups is 2. The van der Waals surface area contributed by atoms with Gasteiger partial charge in [0, 0.05) is 42.3 Å². The number of nitrogens with one attached hydrogen (secondary N) is 1. The maximum Gasteiger partial charge on any atom is 0.325 e. The van der Waals surface area contributed by atoms with E-state index in [0.717, 1.165) is 16.8 Å². The Morgan fingerprint density at radius 2 is 1.93 bits per heavy atom. The Bertz CT molecular complexity index is 1200. The molecule has 1 unspecified atom stereocenters. The van der Waals surface area contributed by atoms with Gasteiger partial charge in [-0.3, -0.25) is 14.9 Å². The number of carbonyl (C=O) groups excluding carboxylic acids is 2. The Morgan fingerprint density at radius 1 is 1.20 bits per heavy atom. The Hall–Kier alpha value is -3.23. The largest absolute Gasteiger partial charge is 0.338 e. The van der Waals surface area contributed by atoms with E-state index in [-0.39, 0.29) is 11.9 Å². The second kappa shape index (κ2) is 6.93. The number of aromatic nitrogens is 1. The monoisotopic (exact) mass is 420 g/mol. The minimum absolute atomic E-state index is 0.00762. The van der Waals surface area contributed by atoms with Crippen molar-refractivity contribution in [3.8, 4) is 0 Å². The highest BCUT2D eigenvalue weighted by Gasteiger charge is 2.42. The van der Waals surface area contributed by atoms with Gasteiger partial charge < -0.3 is 9.47 Å². The van der Waals surface area contributed by atoms with Crippen LogP contribution in [0.4, 0.5) is 4.79 Å². The van der Waals surface area contributed by atoms with E-state index in [0.29, 0.717) is 30.2 Å². The van der Waals surface area contributed by atoms with E-state index in [1.54, 1.807) is 29.6 Å². The summed E-state index contributed by atoms with van der Waals surface area (Å²) in [5, 5.41) is 9.97. The van der Waals surface area contributed by atoms with Crippen LogP contribution in [0.25, 0.3) is 10.9 Å². The number of amides is 3. The lowest BCUT2D eigenvalue weighted by atomic mass is 9.89. The van der Waals surface area contributed by atoms with Crippen LogP contribution in [0.2, 0.25) is 0 Å². The van der Waals surface area contributed by atoms with Crippen LogP contribution < -0.4 is 5.48 Å². The molecule has 2 aliphatic heterocycles. The summed E-state index contributed by atoms with van der Waals surface area (Å²) in [7, 11) is 1.75. The number of benzene rings is 2. The van der Waals surface area contributed by atoms with Crippen LogP contribution in [0.5, 0.6) is 0 Å². The first-order chi connectivity index (χ1) is 14.5. The first kappa shape index (κ1) is 18.8. The third-order valence-electron chi connectivity index (χ3n) is 6.06. The Labute approximate surface area is 178 Å². The van der Waals surface area contributed by atoms with Crippen molar-refractivity contribution < 1.29 is 14.8 Å². The zero-order valence-corrected chi connectivity index (χ0v) is 17.1. The highest BCUT2D eigenvalue weighted by atomic mass is 32.1. The second-order valence-electron chi connectivity index (χ2n) is 7.71. The van der Waals surface area contributed by atoms with Crippen LogP contribution in [-0.2, 0) is 13.1 Å². The number of urea groups is 1. The summed E-state index contributed by atoms with van der Waals surface area (Å²) in [5.74, 6) is -0.532. The van der Waals surface area contributed by atoms with Crippen molar-refractivity contribution in [1.29, 1.82) is 0 Å².